The van der Waals surface area contributed by atoms with Crippen molar-refractivity contribution in [3.8, 4) is 22.8 Å². The van der Waals surface area contributed by atoms with E-state index in [2.05, 4.69) is 50.6 Å². The van der Waals surface area contributed by atoms with Crippen molar-refractivity contribution in [2.24, 2.45) is 5.92 Å². The van der Waals surface area contributed by atoms with Crippen LogP contribution >= 0.6 is 11.8 Å². The Bertz CT molecular complexity index is 1260. The van der Waals surface area contributed by atoms with Crippen LogP contribution in [0.25, 0.3) is 22.5 Å². The second kappa shape index (κ2) is 9.79. The summed E-state index contributed by atoms with van der Waals surface area (Å²) in [5.74, 6) is 2.81. The molecular weight excluding hydrogens is 501 g/mol. The van der Waals surface area contributed by atoms with Crippen molar-refractivity contribution in [3.63, 3.8) is 0 Å². The van der Waals surface area contributed by atoms with Crippen molar-refractivity contribution < 1.29 is 13.9 Å². The van der Waals surface area contributed by atoms with Crippen LogP contribution in [0, 0.1) is 5.92 Å². The molecular formula is C23H24AsN5O3S. The Labute approximate surface area is 205 Å². The van der Waals surface area contributed by atoms with Gasteiger partial charge in [-0.3, -0.25) is 0 Å². The molecule has 170 valence electrons. The van der Waals surface area contributed by atoms with Crippen LogP contribution in [-0.4, -0.2) is 62.7 Å². The molecule has 0 bridgehead atoms. The number of rotatable bonds is 8. The average molecular weight is 525 g/mol. The van der Waals surface area contributed by atoms with E-state index in [-0.39, 0.29) is 0 Å². The van der Waals surface area contributed by atoms with Gasteiger partial charge < -0.3 is 0 Å². The number of furan rings is 1. The Kier molecular flexibility index (Phi) is 6.62. The fourth-order valence-electron chi connectivity index (χ4n) is 3.64. The second-order valence-electron chi connectivity index (χ2n) is 8.08. The molecule has 0 saturated heterocycles. The number of aromatic nitrogens is 4. The van der Waals surface area contributed by atoms with E-state index in [9.17, 15) is 0 Å². The number of fused-ring (bicyclic) bond motifs is 2. The topological polar surface area (TPSA) is 87.2 Å². The van der Waals surface area contributed by atoms with Gasteiger partial charge in [-0.05, 0) is 0 Å². The molecule has 1 aromatic carbocycles. The monoisotopic (exact) mass is 525 g/mol. The van der Waals surface area contributed by atoms with Crippen LogP contribution in [0.4, 0.5) is 0 Å². The predicted molar refractivity (Wildman–Crippen MR) is 128 cm³/mol. The van der Waals surface area contributed by atoms with Gasteiger partial charge in [0.15, 0.2) is 0 Å². The summed E-state index contributed by atoms with van der Waals surface area (Å²) in [5, 5.41) is 4.35. The molecule has 8 nitrogen and oxygen atoms in total. The van der Waals surface area contributed by atoms with Crippen molar-refractivity contribution >= 4 is 44.3 Å². The van der Waals surface area contributed by atoms with Gasteiger partial charge in [0, 0.05) is 0 Å². The summed E-state index contributed by atoms with van der Waals surface area (Å²) in [4.78, 5) is 14.7. The van der Waals surface area contributed by atoms with Gasteiger partial charge in [-0.25, -0.2) is 0 Å². The maximum atomic E-state index is 5.85. The summed E-state index contributed by atoms with van der Waals surface area (Å²) < 4.78 is 20.3. The van der Waals surface area contributed by atoms with E-state index in [0.717, 1.165) is 68.2 Å². The summed E-state index contributed by atoms with van der Waals surface area (Å²) in [6.45, 7) is 8.00. The van der Waals surface area contributed by atoms with Gasteiger partial charge in [-0.2, -0.15) is 0 Å². The number of ether oxygens (including phenoxy) is 2. The first-order valence-corrected chi connectivity index (χ1v) is 12.6. The fourth-order valence-corrected chi connectivity index (χ4v) is 5.12. The Morgan fingerprint density at radius 1 is 1.18 bits per heavy atom. The van der Waals surface area contributed by atoms with Crippen LogP contribution in [0.3, 0.4) is 0 Å². The van der Waals surface area contributed by atoms with Crippen LogP contribution in [0.5, 0.6) is 11.5 Å². The molecule has 1 N–H and O–H groups in total. The fraction of sp³-hybridized carbons (Fsp3) is 0.348. The van der Waals surface area contributed by atoms with Gasteiger partial charge >= 0.3 is 205 Å². The van der Waals surface area contributed by atoms with Crippen LogP contribution < -0.4 is 19.3 Å². The number of imidazole rings is 1. The molecule has 4 heterocycles. The van der Waals surface area contributed by atoms with Gasteiger partial charge in [0.1, 0.15) is 0 Å². The first-order chi connectivity index (χ1) is 16.1. The van der Waals surface area contributed by atoms with Gasteiger partial charge in [0.25, 0.3) is 0 Å². The van der Waals surface area contributed by atoms with E-state index < -0.39 is 0 Å². The van der Waals surface area contributed by atoms with Gasteiger partial charge in [0.05, 0.1) is 0 Å². The van der Waals surface area contributed by atoms with Crippen molar-refractivity contribution in [3.05, 3.63) is 36.9 Å². The van der Waals surface area contributed by atoms with Crippen LogP contribution in [-0.2, 0) is 6.54 Å². The molecule has 5 rings (SSSR count). The zero-order valence-corrected chi connectivity index (χ0v) is 21.1. The number of hydrogen-bond donors (Lipinski definition) is 1. The average Bonchev–Trinajstić information content (AvgIpc) is 3.45. The minimum atomic E-state index is 0.532. The van der Waals surface area contributed by atoms with E-state index in [4.69, 9.17) is 18.9 Å². The Hall–Kier alpha value is -2.48. The third-order valence-corrected chi connectivity index (χ3v) is 6.91. The molecule has 1 aliphatic heterocycles. The molecule has 0 fully saturated rings. The zero-order chi connectivity index (χ0) is 22.8. The summed E-state index contributed by atoms with van der Waals surface area (Å²) >= 11 is 4.05. The van der Waals surface area contributed by atoms with E-state index in [1.54, 1.807) is 24.4 Å². The Morgan fingerprint density at radius 2 is 2.00 bits per heavy atom. The third-order valence-electron chi connectivity index (χ3n) is 5.17. The third kappa shape index (κ3) is 4.76. The summed E-state index contributed by atoms with van der Waals surface area (Å²) in [6.07, 6.45) is 3.26. The van der Waals surface area contributed by atoms with Crippen molar-refractivity contribution in [1.82, 2.24) is 24.8 Å². The zero-order valence-electron chi connectivity index (χ0n) is 18.4. The Morgan fingerprint density at radius 3 is 2.76 bits per heavy atom. The van der Waals surface area contributed by atoms with E-state index in [1.807, 2.05) is 24.3 Å². The van der Waals surface area contributed by atoms with Gasteiger partial charge in [0.2, 0.25) is 0 Å². The standard InChI is InChI=1S/C23H24AsN5O3S/c1-14(2)12-25-5-6-29-22-20(21(24)26-13-27-22)28-23(29)33-19-11-18-17(31-8-9-32-18)10-15(19)16-4-3-7-30-16/h3-4,7,10-11,13-14,25H,5-6,8-9,12H2,1-2H3. The van der Waals surface area contributed by atoms with Gasteiger partial charge in [-0.15, -0.1) is 0 Å². The SMILES string of the molecule is CC(C)CNCCn1c(Sc2cc3c(cc2-c2ccco2)OCCO3)nc2c([As])ncnc21. The quantitative estimate of drug-likeness (QED) is 0.278. The Balaban J connectivity index is 1.55. The molecule has 33 heavy (non-hydrogen) atoms. The normalized spacial score (nSPS) is 13.2. The van der Waals surface area contributed by atoms with Crippen LogP contribution in [0.1, 0.15) is 13.8 Å². The van der Waals surface area contributed by atoms with Crippen molar-refractivity contribution in [2.45, 2.75) is 30.4 Å². The molecule has 0 unspecified atom stereocenters. The summed E-state index contributed by atoms with van der Waals surface area (Å²) in [7, 11) is 0. The van der Waals surface area contributed by atoms with Crippen LogP contribution in [0.2, 0.25) is 0 Å². The molecule has 0 atom stereocenters. The maximum absolute atomic E-state index is 5.85. The first kappa shape index (κ1) is 22.3. The summed E-state index contributed by atoms with van der Waals surface area (Å²) in [6, 6.07) is 7.82. The first-order valence-electron chi connectivity index (χ1n) is 10.9. The van der Waals surface area contributed by atoms with Crippen molar-refractivity contribution in [1.29, 1.82) is 0 Å². The molecule has 4 aromatic rings. The second-order valence-corrected chi connectivity index (χ2v) is 9.98. The molecule has 10 heteroatoms. The molecule has 0 aliphatic carbocycles. The number of nitrogens with one attached hydrogen (secondary N) is 1. The van der Waals surface area contributed by atoms with E-state index in [0.29, 0.717) is 19.1 Å². The number of nitrogens with zero attached hydrogens (tertiary/aromatic N) is 4. The molecule has 2 radical (unpaired) electrons. The van der Waals surface area contributed by atoms with E-state index >= 15 is 0 Å². The molecule has 0 saturated carbocycles. The van der Waals surface area contributed by atoms with Gasteiger partial charge in [-0.1, -0.05) is 0 Å². The molecule has 1 aliphatic rings. The molecule has 0 amide bonds. The molecule has 0 spiro atoms. The predicted octanol–water partition coefficient (Wildman–Crippen LogP) is 3.05. The number of hydrogen-bond acceptors (Lipinski definition) is 8. The molecule has 3 aromatic heterocycles. The van der Waals surface area contributed by atoms with Crippen LogP contribution in [0.15, 0.2) is 51.3 Å². The number of benzene rings is 1. The minimum absolute atomic E-state index is 0.532. The van der Waals surface area contributed by atoms with Crippen molar-refractivity contribution in [2.75, 3.05) is 26.3 Å². The van der Waals surface area contributed by atoms with E-state index in [1.165, 1.54) is 0 Å². The summed E-state index contributed by atoms with van der Waals surface area (Å²) in [5.41, 5.74) is 2.55.